The number of carbonyl (C=O) groups excluding carboxylic acids is 2. The molecule has 2 aliphatic rings. The van der Waals surface area contributed by atoms with Crippen LogP contribution in [-0.2, 0) is 9.59 Å². The number of rotatable bonds is 4. The molecular formula is C17H20N2O2. The van der Waals surface area contributed by atoms with Crippen molar-refractivity contribution in [1.29, 1.82) is 0 Å². The zero-order valence-electron chi connectivity index (χ0n) is 12.2. The van der Waals surface area contributed by atoms with Gasteiger partial charge in [-0.3, -0.25) is 9.59 Å². The number of carbonyl (C=O) groups is 2. The predicted octanol–water partition coefficient (Wildman–Crippen LogP) is 2.48. The van der Waals surface area contributed by atoms with Gasteiger partial charge in [-0.2, -0.15) is 0 Å². The summed E-state index contributed by atoms with van der Waals surface area (Å²) < 4.78 is 0. The molecule has 4 heteroatoms. The van der Waals surface area contributed by atoms with Crippen LogP contribution >= 0.6 is 0 Å². The Hall–Kier alpha value is -2.10. The molecule has 110 valence electrons. The van der Waals surface area contributed by atoms with Gasteiger partial charge in [0.25, 0.3) is 0 Å². The van der Waals surface area contributed by atoms with Gasteiger partial charge >= 0.3 is 0 Å². The Kier molecular flexibility index (Phi) is 3.78. The monoisotopic (exact) mass is 284 g/mol. The van der Waals surface area contributed by atoms with Crippen LogP contribution in [-0.4, -0.2) is 23.3 Å². The SMILES string of the molecule is CC(=O)N1C=Cc2ccccc2[C@@H]1CC(=O)NCC1CC1. The highest BCUT2D eigenvalue weighted by molar-refractivity contribution is 5.81. The average Bonchev–Trinajstić information content (AvgIpc) is 3.29. The highest BCUT2D eigenvalue weighted by atomic mass is 16.2. The van der Waals surface area contributed by atoms with E-state index in [2.05, 4.69) is 5.32 Å². The second-order valence-electron chi connectivity index (χ2n) is 5.84. The van der Waals surface area contributed by atoms with E-state index in [0.717, 1.165) is 17.7 Å². The number of hydrogen-bond acceptors (Lipinski definition) is 2. The van der Waals surface area contributed by atoms with E-state index in [9.17, 15) is 9.59 Å². The maximum absolute atomic E-state index is 12.1. The van der Waals surface area contributed by atoms with Crippen molar-refractivity contribution in [3.8, 4) is 0 Å². The van der Waals surface area contributed by atoms with Crippen LogP contribution in [0.3, 0.4) is 0 Å². The van der Waals surface area contributed by atoms with Crippen molar-refractivity contribution in [1.82, 2.24) is 10.2 Å². The van der Waals surface area contributed by atoms with E-state index in [1.165, 1.54) is 19.8 Å². The lowest BCUT2D eigenvalue weighted by molar-refractivity contribution is -0.129. The minimum Gasteiger partial charge on any atom is -0.356 e. The smallest absolute Gasteiger partial charge is 0.223 e. The Morgan fingerprint density at radius 3 is 2.76 bits per heavy atom. The Bertz CT molecular complexity index is 590. The lowest BCUT2D eigenvalue weighted by atomic mass is 9.93. The summed E-state index contributed by atoms with van der Waals surface area (Å²) in [4.78, 5) is 25.6. The number of nitrogens with zero attached hydrogens (tertiary/aromatic N) is 1. The first-order valence-corrected chi connectivity index (χ1v) is 7.48. The van der Waals surface area contributed by atoms with Crippen molar-refractivity contribution >= 4 is 17.9 Å². The van der Waals surface area contributed by atoms with Gasteiger partial charge in [0.2, 0.25) is 11.8 Å². The molecule has 1 N–H and O–H groups in total. The summed E-state index contributed by atoms with van der Waals surface area (Å²) in [6, 6.07) is 7.72. The molecule has 1 fully saturated rings. The fourth-order valence-corrected chi connectivity index (χ4v) is 2.74. The molecule has 1 heterocycles. The molecule has 1 aliphatic carbocycles. The molecular weight excluding hydrogens is 264 g/mol. The van der Waals surface area contributed by atoms with Crippen LogP contribution < -0.4 is 5.32 Å². The van der Waals surface area contributed by atoms with Crippen molar-refractivity contribution in [3.05, 3.63) is 41.6 Å². The molecule has 3 rings (SSSR count). The fraction of sp³-hybridized carbons (Fsp3) is 0.412. The van der Waals surface area contributed by atoms with Crippen molar-refractivity contribution in [2.24, 2.45) is 5.92 Å². The van der Waals surface area contributed by atoms with Crippen molar-refractivity contribution in [2.75, 3.05) is 6.54 Å². The zero-order chi connectivity index (χ0) is 14.8. The standard InChI is InChI=1S/C17H20N2O2/c1-12(20)19-9-8-14-4-2-3-5-15(14)16(19)10-17(21)18-11-13-6-7-13/h2-5,8-9,13,16H,6-7,10-11H2,1H3,(H,18,21)/t16-/m0/s1. The second-order valence-corrected chi connectivity index (χ2v) is 5.84. The molecule has 1 atom stereocenters. The van der Waals surface area contributed by atoms with Crippen molar-refractivity contribution < 1.29 is 9.59 Å². The lowest BCUT2D eigenvalue weighted by Crippen LogP contribution is -2.35. The largest absolute Gasteiger partial charge is 0.356 e. The Labute approximate surface area is 124 Å². The highest BCUT2D eigenvalue weighted by Gasteiger charge is 2.29. The summed E-state index contributed by atoms with van der Waals surface area (Å²) in [5, 5.41) is 2.98. The molecule has 0 radical (unpaired) electrons. The minimum atomic E-state index is -0.206. The van der Waals surface area contributed by atoms with Gasteiger partial charge < -0.3 is 10.2 Å². The summed E-state index contributed by atoms with van der Waals surface area (Å²) in [5.74, 6) is 0.639. The number of nitrogens with one attached hydrogen (secondary N) is 1. The van der Waals surface area contributed by atoms with Crippen LogP contribution in [0.4, 0.5) is 0 Å². The van der Waals surface area contributed by atoms with E-state index < -0.39 is 0 Å². The number of benzene rings is 1. The first-order chi connectivity index (χ1) is 10.1. The van der Waals surface area contributed by atoms with E-state index >= 15 is 0 Å². The van der Waals surface area contributed by atoms with Gasteiger partial charge in [-0.05, 0) is 36.0 Å². The van der Waals surface area contributed by atoms with Crippen LogP contribution in [0, 0.1) is 5.92 Å². The van der Waals surface area contributed by atoms with Gasteiger partial charge in [0, 0.05) is 19.7 Å². The maximum Gasteiger partial charge on any atom is 0.223 e. The third-order valence-corrected chi connectivity index (χ3v) is 4.13. The third-order valence-electron chi connectivity index (χ3n) is 4.13. The molecule has 0 saturated heterocycles. The van der Waals surface area contributed by atoms with E-state index in [4.69, 9.17) is 0 Å². The van der Waals surface area contributed by atoms with E-state index in [-0.39, 0.29) is 17.9 Å². The average molecular weight is 284 g/mol. The maximum atomic E-state index is 12.1. The van der Waals surface area contributed by atoms with Crippen molar-refractivity contribution in [3.63, 3.8) is 0 Å². The quantitative estimate of drug-likeness (QED) is 0.923. The Morgan fingerprint density at radius 1 is 1.29 bits per heavy atom. The van der Waals surface area contributed by atoms with Gasteiger partial charge in [0.05, 0.1) is 12.5 Å². The zero-order valence-corrected chi connectivity index (χ0v) is 12.2. The van der Waals surface area contributed by atoms with Gasteiger partial charge in [0.1, 0.15) is 0 Å². The second kappa shape index (κ2) is 5.72. The van der Waals surface area contributed by atoms with Gasteiger partial charge in [-0.1, -0.05) is 24.3 Å². The highest BCUT2D eigenvalue weighted by Crippen LogP contribution is 2.33. The molecule has 0 unspecified atom stereocenters. The summed E-state index contributed by atoms with van der Waals surface area (Å²) >= 11 is 0. The molecule has 0 spiro atoms. The number of hydrogen-bond donors (Lipinski definition) is 1. The summed E-state index contributed by atoms with van der Waals surface area (Å²) in [5.41, 5.74) is 2.12. The molecule has 1 saturated carbocycles. The Balaban J connectivity index is 1.76. The van der Waals surface area contributed by atoms with E-state index in [1.54, 1.807) is 11.1 Å². The third kappa shape index (κ3) is 3.15. The molecule has 0 aromatic heterocycles. The fourth-order valence-electron chi connectivity index (χ4n) is 2.74. The van der Waals surface area contributed by atoms with Crippen LogP contribution in [0.1, 0.15) is 43.4 Å². The van der Waals surface area contributed by atoms with Crippen LogP contribution in [0.2, 0.25) is 0 Å². The molecule has 1 aromatic carbocycles. The molecule has 0 bridgehead atoms. The van der Waals surface area contributed by atoms with Crippen molar-refractivity contribution in [2.45, 2.75) is 32.2 Å². The molecule has 1 aliphatic heterocycles. The topological polar surface area (TPSA) is 49.4 Å². The summed E-state index contributed by atoms with van der Waals surface area (Å²) in [7, 11) is 0. The van der Waals surface area contributed by atoms with Crippen LogP contribution in [0.5, 0.6) is 0 Å². The first-order valence-electron chi connectivity index (χ1n) is 7.48. The van der Waals surface area contributed by atoms with E-state index in [0.29, 0.717) is 12.3 Å². The summed E-state index contributed by atoms with van der Waals surface area (Å²) in [6.07, 6.45) is 6.45. The molecule has 4 nitrogen and oxygen atoms in total. The predicted molar refractivity (Wildman–Crippen MR) is 81.1 cm³/mol. The summed E-state index contributed by atoms with van der Waals surface area (Å²) in [6.45, 7) is 2.30. The van der Waals surface area contributed by atoms with Gasteiger partial charge in [-0.25, -0.2) is 0 Å². The molecule has 1 aromatic rings. The molecule has 2 amide bonds. The first kappa shape index (κ1) is 13.9. The normalized spacial score (nSPS) is 20.0. The minimum absolute atomic E-state index is 0.0169. The van der Waals surface area contributed by atoms with Gasteiger partial charge in [0.15, 0.2) is 0 Å². The van der Waals surface area contributed by atoms with Gasteiger partial charge in [-0.15, -0.1) is 0 Å². The van der Waals surface area contributed by atoms with Crippen LogP contribution in [0.25, 0.3) is 6.08 Å². The van der Waals surface area contributed by atoms with E-state index in [1.807, 2.05) is 30.3 Å². The lowest BCUT2D eigenvalue weighted by Gasteiger charge is -2.32. The van der Waals surface area contributed by atoms with Crippen LogP contribution in [0.15, 0.2) is 30.5 Å². The number of amides is 2. The Morgan fingerprint density at radius 2 is 2.05 bits per heavy atom. The number of fused-ring (bicyclic) bond motifs is 1. The molecule has 21 heavy (non-hydrogen) atoms.